The van der Waals surface area contributed by atoms with Crippen LogP contribution in [0, 0.1) is 0 Å². The smallest absolute Gasteiger partial charge is 0.180 e. The summed E-state index contributed by atoms with van der Waals surface area (Å²) in [5.74, 6) is 6.64. The van der Waals surface area contributed by atoms with Crippen LogP contribution in [-0.2, 0) is 6.42 Å². The molecule has 20 heavy (non-hydrogen) atoms. The number of nitrogens with one attached hydrogen (secondary N) is 1. The minimum atomic E-state index is 0.586. The van der Waals surface area contributed by atoms with Gasteiger partial charge in [-0.05, 0) is 18.6 Å². The number of nitrogens with zero attached hydrogens (tertiary/aromatic N) is 3. The van der Waals surface area contributed by atoms with E-state index < -0.39 is 0 Å². The molecule has 0 atom stereocenters. The van der Waals surface area contributed by atoms with Gasteiger partial charge in [-0.2, -0.15) is 0 Å². The van der Waals surface area contributed by atoms with Crippen molar-refractivity contribution >= 4 is 16.7 Å². The monoisotopic (exact) mass is 265 g/mol. The summed E-state index contributed by atoms with van der Waals surface area (Å²) in [4.78, 5) is 13.5. The minimum Gasteiger partial charge on any atom is -0.308 e. The van der Waals surface area contributed by atoms with E-state index >= 15 is 0 Å². The Morgan fingerprint density at radius 2 is 1.90 bits per heavy atom. The lowest BCUT2D eigenvalue weighted by atomic mass is 10.2. The summed E-state index contributed by atoms with van der Waals surface area (Å²) in [6.45, 7) is 2.04. The fourth-order valence-electron chi connectivity index (χ4n) is 2.06. The van der Waals surface area contributed by atoms with Crippen LogP contribution >= 0.6 is 0 Å². The van der Waals surface area contributed by atoms with E-state index in [4.69, 9.17) is 5.84 Å². The molecule has 0 aliphatic heterocycles. The highest BCUT2D eigenvalue weighted by Crippen LogP contribution is 2.19. The second-order valence-corrected chi connectivity index (χ2v) is 4.46. The molecule has 5 nitrogen and oxygen atoms in total. The van der Waals surface area contributed by atoms with Crippen molar-refractivity contribution in [2.45, 2.75) is 13.3 Å². The minimum absolute atomic E-state index is 0.586. The maximum absolute atomic E-state index is 5.45. The van der Waals surface area contributed by atoms with Gasteiger partial charge in [0.1, 0.15) is 11.5 Å². The van der Waals surface area contributed by atoms with Crippen molar-refractivity contribution in [2.24, 2.45) is 5.84 Å². The average molecular weight is 265 g/mol. The van der Waals surface area contributed by atoms with E-state index in [1.807, 2.05) is 49.4 Å². The van der Waals surface area contributed by atoms with Crippen molar-refractivity contribution in [1.82, 2.24) is 15.0 Å². The second-order valence-electron chi connectivity index (χ2n) is 4.46. The first-order valence-electron chi connectivity index (χ1n) is 6.51. The van der Waals surface area contributed by atoms with Crippen LogP contribution in [-0.4, -0.2) is 15.0 Å². The van der Waals surface area contributed by atoms with Gasteiger partial charge in [0.25, 0.3) is 0 Å². The van der Waals surface area contributed by atoms with Gasteiger partial charge in [-0.3, -0.25) is 0 Å². The van der Waals surface area contributed by atoms with Gasteiger partial charge < -0.3 is 5.43 Å². The Kier molecular flexibility index (Phi) is 3.26. The summed E-state index contributed by atoms with van der Waals surface area (Å²) in [5.41, 5.74) is 5.17. The number of nitrogen functional groups attached to an aromatic ring is 1. The summed E-state index contributed by atoms with van der Waals surface area (Å²) in [5, 5.41) is 1.10. The molecule has 1 aromatic carbocycles. The van der Waals surface area contributed by atoms with E-state index in [9.17, 15) is 0 Å². The average Bonchev–Trinajstić information content (AvgIpc) is 2.53. The van der Waals surface area contributed by atoms with Crippen LogP contribution in [0.25, 0.3) is 22.4 Å². The van der Waals surface area contributed by atoms with Gasteiger partial charge in [-0.1, -0.05) is 31.2 Å². The zero-order valence-electron chi connectivity index (χ0n) is 11.2. The number of anilines is 1. The number of benzene rings is 1. The largest absolute Gasteiger partial charge is 0.308 e. The van der Waals surface area contributed by atoms with Crippen molar-refractivity contribution in [2.75, 3.05) is 5.43 Å². The Morgan fingerprint density at radius 3 is 2.70 bits per heavy atom. The number of rotatable bonds is 3. The summed E-state index contributed by atoms with van der Waals surface area (Å²) in [6, 6.07) is 13.8. The molecule has 3 rings (SSSR count). The molecule has 0 radical (unpaired) electrons. The number of aromatic nitrogens is 3. The molecule has 0 unspecified atom stereocenters. The molecular weight excluding hydrogens is 250 g/mol. The van der Waals surface area contributed by atoms with Crippen molar-refractivity contribution in [3.05, 3.63) is 48.2 Å². The topological polar surface area (TPSA) is 76.7 Å². The van der Waals surface area contributed by atoms with Crippen LogP contribution in [0.3, 0.4) is 0 Å². The first kappa shape index (κ1) is 12.5. The third-order valence-corrected chi connectivity index (χ3v) is 3.12. The first-order valence-corrected chi connectivity index (χ1v) is 6.51. The Labute approximate surface area is 116 Å². The SMILES string of the molecule is CCc1cc(NN)nc(-c2ccc3ccccc3n2)n1. The van der Waals surface area contributed by atoms with Crippen LogP contribution in [0.2, 0.25) is 0 Å². The predicted octanol–water partition coefficient (Wildman–Crippen LogP) is 2.54. The first-order chi connectivity index (χ1) is 9.80. The number of hydrogen-bond acceptors (Lipinski definition) is 5. The van der Waals surface area contributed by atoms with E-state index in [1.54, 1.807) is 0 Å². The maximum Gasteiger partial charge on any atom is 0.180 e. The molecule has 0 bridgehead atoms. The number of nitrogens with two attached hydrogens (primary N) is 1. The molecule has 0 amide bonds. The van der Waals surface area contributed by atoms with Gasteiger partial charge in [-0.25, -0.2) is 20.8 Å². The molecule has 3 N–H and O–H groups in total. The Balaban J connectivity index is 2.14. The Bertz CT molecular complexity index is 732. The zero-order valence-corrected chi connectivity index (χ0v) is 11.2. The van der Waals surface area contributed by atoms with E-state index in [0.29, 0.717) is 11.6 Å². The van der Waals surface area contributed by atoms with Crippen molar-refractivity contribution in [3.8, 4) is 11.5 Å². The highest BCUT2D eigenvalue weighted by Gasteiger charge is 2.07. The lowest BCUT2D eigenvalue weighted by molar-refractivity contribution is 0.996. The van der Waals surface area contributed by atoms with Crippen molar-refractivity contribution < 1.29 is 0 Å². The highest BCUT2D eigenvalue weighted by molar-refractivity contribution is 5.80. The van der Waals surface area contributed by atoms with E-state index in [2.05, 4.69) is 20.4 Å². The molecule has 0 saturated heterocycles. The maximum atomic E-state index is 5.45. The molecule has 100 valence electrons. The van der Waals surface area contributed by atoms with Crippen LogP contribution < -0.4 is 11.3 Å². The van der Waals surface area contributed by atoms with E-state index in [1.165, 1.54) is 0 Å². The lowest BCUT2D eigenvalue weighted by Gasteiger charge is -2.07. The van der Waals surface area contributed by atoms with Crippen LogP contribution in [0.4, 0.5) is 5.82 Å². The zero-order chi connectivity index (χ0) is 13.9. The number of fused-ring (bicyclic) bond motifs is 1. The molecule has 0 aliphatic carbocycles. The fraction of sp³-hybridized carbons (Fsp3) is 0.133. The Morgan fingerprint density at radius 1 is 1.05 bits per heavy atom. The van der Waals surface area contributed by atoms with Gasteiger partial charge in [0.2, 0.25) is 0 Å². The number of para-hydroxylation sites is 1. The quantitative estimate of drug-likeness (QED) is 0.562. The molecule has 5 heteroatoms. The molecule has 2 heterocycles. The predicted molar refractivity (Wildman–Crippen MR) is 80.0 cm³/mol. The van der Waals surface area contributed by atoms with Gasteiger partial charge in [0.15, 0.2) is 5.82 Å². The van der Waals surface area contributed by atoms with Crippen molar-refractivity contribution in [3.63, 3.8) is 0 Å². The van der Waals surface area contributed by atoms with Gasteiger partial charge in [0, 0.05) is 17.1 Å². The molecule has 3 aromatic rings. The third-order valence-electron chi connectivity index (χ3n) is 3.12. The number of hydrazine groups is 1. The molecule has 0 fully saturated rings. The number of hydrogen-bond donors (Lipinski definition) is 2. The molecule has 0 aliphatic rings. The van der Waals surface area contributed by atoms with E-state index in [0.717, 1.165) is 28.7 Å². The van der Waals surface area contributed by atoms with E-state index in [-0.39, 0.29) is 0 Å². The van der Waals surface area contributed by atoms with Crippen LogP contribution in [0.15, 0.2) is 42.5 Å². The molecule has 0 saturated carbocycles. The summed E-state index contributed by atoms with van der Waals surface area (Å²) < 4.78 is 0. The molecule has 2 aromatic heterocycles. The number of pyridine rings is 1. The summed E-state index contributed by atoms with van der Waals surface area (Å²) in [6.07, 6.45) is 0.817. The highest BCUT2D eigenvalue weighted by atomic mass is 15.3. The van der Waals surface area contributed by atoms with Gasteiger partial charge in [0.05, 0.1) is 5.52 Å². The third kappa shape index (κ3) is 2.31. The Hall–Kier alpha value is -2.53. The summed E-state index contributed by atoms with van der Waals surface area (Å²) >= 11 is 0. The van der Waals surface area contributed by atoms with Crippen LogP contribution in [0.5, 0.6) is 0 Å². The lowest BCUT2D eigenvalue weighted by Crippen LogP contribution is -2.10. The number of aryl methyl sites for hydroxylation is 1. The molecule has 0 spiro atoms. The van der Waals surface area contributed by atoms with Crippen molar-refractivity contribution in [1.29, 1.82) is 0 Å². The van der Waals surface area contributed by atoms with Crippen LogP contribution in [0.1, 0.15) is 12.6 Å². The normalized spacial score (nSPS) is 10.7. The van der Waals surface area contributed by atoms with Gasteiger partial charge >= 0.3 is 0 Å². The summed E-state index contributed by atoms with van der Waals surface area (Å²) in [7, 11) is 0. The van der Waals surface area contributed by atoms with Gasteiger partial charge in [-0.15, -0.1) is 0 Å². The fourth-order valence-corrected chi connectivity index (χ4v) is 2.06. The molecular formula is C15H15N5. The standard InChI is InChI=1S/C15H15N5/c1-2-11-9-14(20-16)19-15(17-11)13-8-7-10-5-3-4-6-12(10)18-13/h3-9H,2,16H2,1H3,(H,17,19,20). The second kappa shape index (κ2) is 5.22.